The number of thioether (sulfide) groups is 1. The second-order valence-corrected chi connectivity index (χ2v) is 6.69. The molecule has 0 aromatic heterocycles. The molecule has 0 spiro atoms. The standard InChI is InChI=1S/C14H24N2O3S/c1-2-11(10-6-4-3-5-7-10)15-14(19)16-9-20-8-12(16)13(17)18/h10-12H,2-9H2,1H3,(H,15,19)(H,17,18). The SMILES string of the molecule is CCC(NC(=O)N1CSCC1C(=O)O)C1CCCCC1. The van der Waals surface area contributed by atoms with Crippen molar-refractivity contribution in [1.82, 2.24) is 10.2 Å². The fourth-order valence-electron chi connectivity index (χ4n) is 3.18. The van der Waals surface area contributed by atoms with Crippen LogP contribution in [0.3, 0.4) is 0 Å². The first-order valence-corrected chi connectivity index (χ1v) is 8.66. The highest BCUT2D eigenvalue weighted by Gasteiger charge is 2.36. The zero-order valence-corrected chi connectivity index (χ0v) is 12.8. The van der Waals surface area contributed by atoms with Crippen molar-refractivity contribution in [2.75, 3.05) is 11.6 Å². The van der Waals surface area contributed by atoms with Crippen LogP contribution in [0.25, 0.3) is 0 Å². The molecule has 0 radical (unpaired) electrons. The molecule has 0 bridgehead atoms. The minimum absolute atomic E-state index is 0.183. The molecule has 2 rings (SSSR count). The molecule has 20 heavy (non-hydrogen) atoms. The molecule has 0 aromatic carbocycles. The van der Waals surface area contributed by atoms with E-state index in [2.05, 4.69) is 12.2 Å². The number of carbonyl (C=O) groups is 2. The summed E-state index contributed by atoms with van der Waals surface area (Å²) in [5, 5.41) is 12.2. The van der Waals surface area contributed by atoms with Gasteiger partial charge in [-0.2, -0.15) is 0 Å². The quantitative estimate of drug-likeness (QED) is 0.837. The molecule has 1 aliphatic carbocycles. The Bertz CT molecular complexity index is 358. The minimum Gasteiger partial charge on any atom is -0.480 e. The summed E-state index contributed by atoms with van der Waals surface area (Å²) in [4.78, 5) is 24.9. The van der Waals surface area contributed by atoms with Crippen molar-refractivity contribution in [1.29, 1.82) is 0 Å². The first-order chi connectivity index (χ1) is 9.63. The molecule has 0 aromatic rings. The number of hydrogen-bond acceptors (Lipinski definition) is 3. The number of amides is 2. The van der Waals surface area contributed by atoms with Gasteiger partial charge < -0.3 is 15.3 Å². The van der Waals surface area contributed by atoms with Gasteiger partial charge in [0, 0.05) is 11.8 Å². The van der Waals surface area contributed by atoms with Crippen molar-refractivity contribution >= 4 is 23.8 Å². The summed E-state index contributed by atoms with van der Waals surface area (Å²) in [6.07, 6.45) is 7.05. The lowest BCUT2D eigenvalue weighted by Crippen LogP contribution is -2.51. The number of aliphatic carboxylic acids is 1. The molecule has 2 aliphatic rings. The van der Waals surface area contributed by atoms with Gasteiger partial charge in [0.25, 0.3) is 0 Å². The first kappa shape index (κ1) is 15.5. The molecule has 1 saturated carbocycles. The first-order valence-electron chi connectivity index (χ1n) is 7.51. The molecule has 2 atom stereocenters. The van der Waals surface area contributed by atoms with Crippen LogP contribution in [-0.4, -0.2) is 45.7 Å². The minimum atomic E-state index is -0.907. The Morgan fingerprint density at radius 3 is 2.65 bits per heavy atom. The number of carboxylic acid groups (broad SMARTS) is 1. The summed E-state index contributed by atoms with van der Waals surface area (Å²) in [5.74, 6) is 0.611. The Morgan fingerprint density at radius 1 is 1.35 bits per heavy atom. The molecular formula is C14H24N2O3S. The van der Waals surface area contributed by atoms with E-state index in [0.717, 1.165) is 6.42 Å². The normalized spacial score (nSPS) is 25.4. The number of hydrogen-bond donors (Lipinski definition) is 2. The van der Waals surface area contributed by atoms with Gasteiger partial charge in [0.15, 0.2) is 0 Å². The van der Waals surface area contributed by atoms with E-state index in [1.807, 2.05) is 0 Å². The highest BCUT2D eigenvalue weighted by molar-refractivity contribution is 7.99. The molecule has 2 unspecified atom stereocenters. The van der Waals surface area contributed by atoms with Gasteiger partial charge in [-0.1, -0.05) is 26.2 Å². The van der Waals surface area contributed by atoms with Gasteiger partial charge in [-0.15, -0.1) is 11.8 Å². The monoisotopic (exact) mass is 300 g/mol. The van der Waals surface area contributed by atoms with Gasteiger partial charge in [0.2, 0.25) is 0 Å². The van der Waals surface area contributed by atoms with Crippen LogP contribution in [0, 0.1) is 5.92 Å². The predicted octanol–water partition coefficient (Wildman–Crippen LogP) is 2.51. The van der Waals surface area contributed by atoms with Gasteiger partial charge >= 0.3 is 12.0 Å². The van der Waals surface area contributed by atoms with Gasteiger partial charge in [-0.3, -0.25) is 0 Å². The van der Waals surface area contributed by atoms with Crippen molar-refractivity contribution in [3.8, 4) is 0 Å². The van der Waals surface area contributed by atoms with Crippen LogP contribution >= 0.6 is 11.8 Å². The Balaban J connectivity index is 1.92. The molecular weight excluding hydrogens is 276 g/mol. The van der Waals surface area contributed by atoms with E-state index in [1.54, 1.807) is 0 Å². The molecule has 5 nitrogen and oxygen atoms in total. The molecule has 2 fully saturated rings. The lowest BCUT2D eigenvalue weighted by molar-refractivity contribution is -0.140. The molecule has 114 valence electrons. The van der Waals surface area contributed by atoms with Crippen molar-refractivity contribution < 1.29 is 14.7 Å². The van der Waals surface area contributed by atoms with E-state index in [1.165, 1.54) is 48.8 Å². The number of carboxylic acids is 1. The predicted molar refractivity (Wildman–Crippen MR) is 79.8 cm³/mol. The number of nitrogens with one attached hydrogen (secondary N) is 1. The van der Waals surface area contributed by atoms with Crippen molar-refractivity contribution in [3.63, 3.8) is 0 Å². The van der Waals surface area contributed by atoms with Crippen LogP contribution in [-0.2, 0) is 4.79 Å². The molecule has 2 N–H and O–H groups in total. The number of rotatable bonds is 4. The van der Waals surface area contributed by atoms with Gasteiger partial charge in [0.1, 0.15) is 6.04 Å². The van der Waals surface area contributed by atoms with Crippen LogP contribution in [0.4, 0.5) is 4.79 Å². The summed E-state index contributed by atoms with van der Waals surface area (Å²) >= 11 is 1.50. The third-order valence-corrected chi connectivity index (χ3v) is 5.41. The molecule has 1 aliphatic heterocycles. The van der Waals surface area contributed by atoms with Crippen LogP contribution in [0.2, 0.25) is 0 Å². The number of urea groups is 1. The lowest BCUT2D eigenvalue weighted by atomic mass is 9.83. The van der Waals surface area contributed by atoms with Crippen LogP contribution in [0.5, 0.6) is 0 Å². The summed E-state index contributed by atoms with van der Waals surface area (Å²) in [7, 11) is 0. The highest BCUT2D eigenvalue weighted by atomic mass is 32.2. The second kappa shape index (κ2) is 7.20. The third kappa shape index (κ3) is 3.59. The second-order valence-electron chi connectivity index (χ2n) is 5.69. The summed E-state index contributed by atoms with van der Waals surface area (Å²) in [5.41, 5.74) is 0. The fraction of sp³-hybridized carbons (Fsp3) is 0.857. The van der Waals surface area contributed by atoms with E-state index in [-0.39, 0.29) is 12.1 Å². The summed E-state index contributed by atoms with van der Waals surface area (Å²) in [6.45, 7) is 2.09. The van der Waals surface area contributed by atoms with Crippen molar-refractivity contribution in [2.24, 2.45) is 5.92 Å². The van der Waals surface area contributed by atoms with Gasteiger partial charge in [0.05, 0.1) is 5.88 Å². The van der Waals surface area contributed by atoms with Crippen LogP contribution < -0.4 is 5.32 Å². The average molecular weight is 300 g/mol. The molecule has 2 amide bonds. The average Bonchev–Trinajstić information content (AvgIpc) is 2.95. The summed E-state index contributed by atoms with van der Waals surface area (Å²) in [6, 6.07) is -0.702. The van der Waals surface area contributed by atoms with Gasteiger partial charge in [-0.25, -0.2) is 9.59 Å². The summed E-state index contributed by atoms with van der Waals surface area (Å²) < 4.78 is 0. The smallest absolute Gasteiger partial charge is 0.327 e. The maximum Gasteiger partial charge on any atom is 0.327 e. The number of carbonyl (C=O) groups excluding carboxylic acids is 1. The zero-order chi connectivity index (χ0) is 14.5. The maximum atomic E-state index is 12.3. The van der Waals surface area contributed by atoms with Crippen LogP contribution in [0.1, 0.15) is 45.4 Å². The van der Waals surface area contributed by atoms with E-state index in [4.69, 9.17) is 5.11 Å². The van der Waals surface area contributed by atoms with E-state index < -0.39 is 12.0 Å². The van der Waals surface area contributed by atoms with Crippen molar-refractivity contribution in [2.45, 2.75) is 57.5 Å². The largest absolute Gasteiger partial charge is 0.480 e. The topological polar surface area (TPSA) is 69.6 Å². The lowest BCUT2D eigenvalue weighted by Gasteiger charge is -2.32. The molecule has 6 heteroatoms. The van der Waals surface area contributed by atoms with E-state index in [9.17, 15) is 9.59 Å². The number of nitrogens with zero attached hydrogens (tertiary/aromatic N) is 1. The van der Waals surface area contributed by atoms with Crippen molar-refractivity contribution in [3.05, 3.63) is 0 Å². The zero-order valence-electron chi connectivity index (χ0n) is 12.0. The fourth-order valence-corrected chi connectivity index (χ4v) is 4.32. The Hall–Kier alpha value is -0.910. The Morgan fingerprint density at radius 2 is 2.05 bits per heavy atom. The molecule has 1 heterocycles. The highest BCUT2D eigenvalue weighted by Crippen LogP contribution is 2.28. The van der Waals surface area contributed by atoms with Gasteiger partial charge in [-0.05, 0) is 25.2 Å². The maximum absolute atomic E-state index is 12.3. The molecule has 1 saturated heterocycles. The van der Waals surface area contributed by atoms with E-state index >= 15 is 0 Å². The Labute approximate surface area is 124 Å². The Kier molecular flexibility index (Phi) is 5.57. The third-order valence-electron chi connectivity index (χ3n) is 4.40. The van der Waals surface area contributed by atoms with E-state index in [0.29, 0.717) is 17.5 Å². The van der Waals surface area contributed by atoms with Crippen LogP contribution in [0.15, 0.2) is 0 Å².